The van der Waals surface area contributed by atoms with Crippen molar-refractivity contribution < 1.29 is 4.79 Å². The lowest BCUT2D eigenvalue weighted by Crippen LogP contribution is -2.37. The minimum atomic E-state index is -0.257. The first kappa shape index (κ1) is 16.9. The van der Waals surface area contributed by atoms with Crippen molar-refractivity contribution in [2.75, 3.05) is 6.54 Å². The van der Waals surface area contributed by atoms with Crippen LogP contribution in [0.3, 0.4) is 0 Å². The van der Waals surface area contributed by atoms with Gasteiger partial charge in [0.1, 0.15) is 0 Å². The van der Waals surface area contributed by atoms with Crippen LogP contribution in [0, 0.1) is 0 Å². The van der Waals surface area contributed by atoms with Crippen LogP contribution in [-0.2, 0) is 24.4 Å². The minimum absolute atomic E-state index is 0.257. The molecule has 5 nitrogen and oxygen atoms in total. The van der Waals surface area contributed by atoms with Gasteiger partial charge in [0, 0.05) is 61.6 Å². The van der Waals surface area contributed by atoms with E-state index < -0.39 is 0 Å². The lowest BCUT2D eigenvalue weighted by Gasteiger charge is -2.36. The Morgan fingerprint density at radius 1 is 1.19 bits per heavy atom. The van der Waals surface area contributed by atoms with Gasteiger partial charge in [-0.1, -0.05) is 25.1 Å². The zero-order valence-electron chi connectivity index (χ0n) is 15.3. The van der Waals surface area contributed by atoms with Gasteiger partial charge in [-0.25, -0.2) is 0 Å². The Morgan fingerprint density at radius 2 is 2.04 bits per heavy atom. The highest BCUT2D eigenvalue weighted by atomic mass is 16.1. The molecule has 0 aliphatic carbocycles. The number of rotatable bonds is 6. The van der Waals surface area contributed by atoms with Crippen LogP contribution < -0.4 is 5.73 Å². The van der Waals surface area contributed by atoms with Crippen molar-refractivity contribution in [1.82, 2.24) is 14.0 Å². The second-order valence-electron chi connectivity index (χ2n) is 7.10. The van der Waals surface area contributed by atoms with Crippen LogP contribution >= 0.6 is 0 Å². The van der Waals surface area contributed by atoms with E-state index in [9.17, 15) is 4.79 Å². The number of para-hydroxylation sites is 1. The summed E-state index contributed by atoms with van der Waals surface area (Å²) in [6, 6.07) is 13.3. The summed E-state index contributed by atoms with van der Waals surface area (Å²) in [4.78, 5) is 13.8. The second kappa shape index (κ2) is 7.00. The van der Waals surface area contributed by atoms with E-state index in [1.54, 1.807) is 0 Å². The Kier molecular flexibility index (Phi) is 4.55. The molecule has 2 aromatic heterocycles. The van der Waals surface area contributed by atoms with Gasteiger partial charge < -0.3 is 14.9 Å². The third kappa shape index (κ3) is 3.03. The van der Waals surface area contributed by atoms with Gasteiger partial charge in [0.05, 0.1) is 6.04 Å². The van der Waals surface area contributed by atoms with E-state index in [0.29, 0.717) is 19.0 Å². The first-order valence-electron chi connectivity index (χ1n) is 9.41. The minimum Gasteiger partial charge on any atom is -0.370 e. The molecular formula is C21H26N4O. The number of benzene rings is 1. The molecule has 1 aliphatic rings. The Labute approximate surface area is 154 Å². The number of amides is 1. The third-order valence-corrected chi connectivity index (χ3v) is 5.51. The Bertz CT molecular complexity index is 923. The molecule has 26 heavy (non-hydrogen) atoms. The van der Waals surface area contributed by atoms with E-state index in [1.807, 2.05) is 0 Å². The maximum absolute atomic E-state index is 11.2. The predicted molar refractivity (Wildman–Crippen MR) is 104 cm³/mol. The predicted octanol–water partition coefficient (Wildman–Crippen LogP) is 3.29. The summed E-state index contributed by atoms with van der Waals surface area (Å²) in [7, 11) is 0. The van der Waals surface area contributed by atoms with Gasteiger partial charge in [-0.15, -0.1) is 0 Å². The van der Waals surface area contributed by atoms with Gasteiger partial charge in [-0.2, -0.15) is 0 Å². The summed E-state index contributed by atoms with van der Waals surface area (Å²) in [5.74, 6) is -0.257. The monoisotopic (exact) mass is 350 g/mol. The Hall–Kier alpha value is -2.53. The molecule has 0 radical (unpaired) electrons. The number of nitrogens with zero attached hydrogens (tertiary/aromatic N) is 3. The van der Waals surface area contributed by atoms with Crippen LogP contribution in [0.2, 0.25) is 0 Å². The zero-order chi connectivity index (χ0) is 18.1. The van der Waals surface area contributed by atoms with Gasteiger partial charge in [0.15, 0.2) is 0 Å². The lowest BCUT2D eigenvalue weighted by molar-refractivity contribution is -0.118. The standard InChI is InChI=1S/C21H26N4O/c1-2-18-20-8-5-10-23(20)12-13-25(18)15-16-14-24(11-9-21(22)26)19-7-4-3-6-17(16)19/h3-8,10,14,18H,2,9,11-13,15H2,1H3,(H2,22,26)/t18-/m0/s1. The first-order valence-corrected chi connectivity index (χ1v) is 9.41. The van der Waals surface area contributed by atoms with Crippen LogP contribution in [0.25, 0.3) is 10.9 Å². The Morgan fingerprint density at radius 3 is 2.85 bits per heavy atom. The van der Waals surface area contributed by atoms with Crippen molar-refractivity contribution in [1.29, 1.82) is 0 Å². The fourth-order valence-corrected chi connectivity index (χ4v) is 4.25. The number of hydrogen-bond acceptors (Lipinski definition) is 2. The molecule has 0 saturated carbocycles. The highest BCUT2D eigenvalue weighted by Crippen LogP contribution is 2.32. The van der Waals surface area contributed by atoms with Gasteiger partial charge in [0.2, 0.25) is 5.91 Å². The molecule has 0 fully saturated rings. The molecule has 1 atom stereocenters. The van der Waals surface area contributed by atoms with E-state index in [4.69, 9.17) is 5.73 Å². The zero-order valence-corrected chi connectivity index (χ0v) is 15.3. The summed E-state index contributed by atoms with van der Waals surface area (Å²) in [5.41, 5.74) is 9.26. The molecule has 4 rings (SSSR count). The maximum atomic E-state index is 11.2. The van der Waals surface area contributed by atoms with Crippen molar-refractivity contribution in [3.63, 3.8) is 0 Å². The fourth-order valence-electron chi connectivity index (χ4n) is 4.25. The number of aromatic nitrogens is 2. The van der Waals surface area contributed by atoms with Crippen LogP contribution in [0.15, 0.2) is 48.8 Å². The van der Waals surface area contributed by atoms with Crippen LogP contribution in [0.1, 0.15) is 37.1 Å². The van der Waals surface area contributed by atoms with E-state index in [-0.39, 0.29) is 5.91 Å². The van der Waals surface area contributed by atoms with E-state index in [0.717, 1.165) is 26.1 Å². The van der Waals surface area contributed by atoms with Crippen molar-refractivity contribution in [2.45, 2.75) is 45.4 Å². The molecule has 3 aromatic rings. The molecule has 1 amide bonds. The van der Waals surface area contributed by atoms with Crippen molar-refractivity contribution in [3.8, 4) is 0 Å². The normalized spacial score (nSPS) is 17.5. The van der Waals surface area contributed by atoms with Crippen LogP contribution in [0.5, 0.6) is 0 Å². The number of hydrogen-bond donors (Lipinski definition) is 1. The lowest BCUT2D eigenvalue weighted by atomic mass is 10.1. The number of primary amides is 1. The smallest absolute Gasteiger partial charge is 0.219 e. The van der Waals surface area contributed by atoms with Crippen molar-refractivity contribution in [3.05, 3.63) is 60.0 Å². The van der Waals surface area contributed by atoms with Gasteiger partial charge in [-0.3, -0.25) is 9.69 Å². The molecule has 0 spiro atoms. The van der Waals surface area contributed by atoms with Crippen molar-refractivity contribution >= 4 is 16.8 Å². The molecule has 5 heteroatoms. The molecule has 2 N–H and O–H groups in total. The molecule has 1 aromatic carbocycles. The molecule has 1 aliphatic heterocycles. The van der Waals surface area contributed by atoms with Crippen molar-refractivity contribution in [2.24, 2.45) is 5.73 Å². The summed E-state index contributed by atoms with van der Waals surface area (Å²) in [6.45, 7) is 5.92. The average Bonchev–Trinajstić information content (AvgIpc) is 3.25. The van der Waals surface area contributed by atoms with Crippen LogP contribution in [-0.4, -0.2) is 26.5 Å². The fraction of sp³-hybridized carbons (Fsp3) is 0.381. The summed E-state index contributed by atoms with van der Waals surface area (Å²) >= 11 is 0. The highest BCUT2D eigenvalue weighted by molar-refractivity contribution is 5.84. The molecule has 0 saturated heterocycles. The largest absolute Gasteiger partial charge is 0.370 e. The van der Waals surface area contributed by atoms with Gasteiger partial charge in [-0.05, 0) is 30.2 Å². The Balaban J connectivity index is 1.64. The first-order chi connectivity index (χ1) is 12.7. The third-order valence-electron chi connectivity index (χ3n) is 5.51. The number of carbonyl (C=O) groups excluding carboxylic acids is 1. The van der Waals surface area contributed by atoms with E-state index in [1.165, 1.54) is 22.2 Å². The second-order valence-corrected chi connectivity index (χ2v) is 7.10. The summed E-state index contributed by atoms with van der Waals surface area (Å²) in [5, 5.41) is 1.27. The average molecular weight is 350 g/mol. The highest BCUT2D eigenvalue weighted by Gasteiger charge is 2.26. The topological polar surface area (TPSA) is 56.2 Å². The molecule has 0 unspecified atom stereocenters. The quantitative estimate of drug-likeness (QED) is 0.742. The van der Waals surface area contributed by atoms with Gasteiger partial charge in [0.25, 0.3) is 0 Å². The number of nitrogens with two attached hydrogens (primary N) is 1. The summed E-state index contributed by atoms with van der Waals surface area (Å²) < 4.78 is 4.55. The SMILES string of the molecule is CC[C@H]1c2cccn2CCN1Cc1cn(CCC(N)=O)c2ccccc12. The number of fused-ring (bicyclic) bond motifs is 2. The summed E-state index contributed by atoms with van der Waals surface area (Å²) in [6.07, 6.45) is 5.86. The molecular weight excluding hydrogens is 324 g/mol. The maximum Gasteiger partial charge on any atom is 0.219 e. The molecule has 3 heterocycles. The number of carbonyl (C=O) groups is 1. The van der Waals surface area contributed by atoms with E-state index in [2.05, 4.69) is 69.7 Å². The van der Waals surface area contributed by atoms with Gasteiger partial charge >= 0.3 is 0 Å². The molecule has 136 valence electrons. The van der Waals surface area contributed by atoms with E-state index >= 15 is 0 Å². The molecule has 0 bridgehead atoms. The number of aryl methyl sites for hydroxylation is 1. The van der Waals surface area contributed by atoms with Crippen LogP contribution in [0.4, 0.5) is 0 Å².